The Morgan fingerprint density at radius 1 is 0.490 bits per heavy atom. The fourth-order valence-corrected chi connectivity index (χ4v) is 8.62. The molecule has 0 aliphatic carbocycles. The van der Waals surface area contributed by atoms with E-state index in [1.165, 1.54) is 66.4 Å². The van der Waals surface area contributed by atoms with Crippen molar-refractivity contribution in [1.29, 1.82) is 0 Å². The van der Waals surface area contributed by atoms with Gasteiger partial charge in [-0.1, -0.05) is 140 Å². The van der Waals surface area contributed by atoms with Crippen LogP contribution in [0.1, 0.15) is 30.5 Å². The van der Waals surface area contributed by atoms with Crippen LogP contribution < -0.4 is 9.80 Å². The molecule has 9 rings (SSSR count). The van der Waals surface area contributed by atoms with Crippen molar-refractivity contribution in [3.8, 4) is 11.1 Å². The molecule has 0 amide bonds. The molecule has 0 unspecified atom stereocenters. The molecule has 0 N–H and O–H groups in total. The maximum Gasteiger partial charge on any atom is 0.0503 e. The van der Waals surface area contributed by atoms with E-state index in [9.17, 15) is 0 Å². The molecule has 1 heterocycles. The van der Waals surface area contributed by atoms with Gasteiger partial charge < -0.3 is 9.80 Å². The summed E-state index contributed by atoms with van der Waals surface area (Å²) in [4.78, 5) is 4.78. The van der Waals surface area contributed by atoms with Crippen molar-refractivity contribution in [3.63, 3.8) is 0 Å². The van der Waals surface area contributed by atoms with Crippen LogP contribution in [0.3, 0.4) is 0 Å². The van der Waals surface area contributed by atoms with Crippen LogP contribution >= 0.6 is 22.6 Å². The van der Waals surface area contributed by atoms with Gasteiger partial charge in [-0.25, -0.2) is 0 Å². The number of halogens is 1. The minimum absolute atomic E-state index is 0.157. The highest BCUT2D eigenvalue weighted by atomic mass is 127. The molecule has 0 atom stereocenters. The summed E-state index contributed by atoms with van der Waals surface area (Å²) in [7, 11) is 0. The van der Waals surface area contributed by atoms with Gasteiger partial charge in [-0.3, -0.25) is 0 Å². The van der Waals surface area contributed by atoms with Crippen LogP contribution in [0.15, 0.2) is 176 Å². The molecule has 1 aliphatic rings. The van der Waals surface area contributed by atoms with Crippen LogP contribution in [0.25, 0.3) is 32.7 Å². The summed E-state index contributed by atoms with van der Waals surface area (Å²) >= 11 is 2.49. The number of benzene rings is 8. The highest BCUT2D eigenvalue weighted by Crippen LogP contribution is 2.52. The average molecular weight is 769 g/mol. The lowest BCUT2D eigenvalue weighted by atomic mass is 9.73. The number of rotatable bonds is 6. The average Bonchev–Trinajstić information content (AvgIpc) is 3.19. The van der Waals surface area contributed by atoms with Gasteiger partial charge in [0.1, 0.15) is 0 Å². The molecule has 246 valence electrons. The maximum atomic E-state index is 2.49. The number of anilines is 6. The van der Waals surface area contributed by atoms with E-state index >= 15 is 0 Å². The molecule has 0 spiro atoms. The SMILES string of the molecule is CC1(C)c2ccccc2N(c2ccccc2)c2ccc(-c3ccc(N(c4ccccc4)c4ccc5c(c4)cc(CI)c4ccccc45)cc3)cc21. The van der Waals surface area contributed by atoms with E-state index in [0.717, 1.165) is 21.5 Å². The third-order valence-electron chi connectivity index (χ3n) is 10.5. The molecular weight excluding hydrogens is 731 g/mol. The highest BCUT2D eigenvalue weighted by Gasteiger charge is 2.37. The zero-order valence-corrected chi connectivity index (χ0v) is 30.9. The molecule has 0 saturated heterocycles. The summed E-state index contributed by atoms with van der Waals surface area (Å²) in [5.41, 5.74) is 13.3. The Balaban J connectivity index is 1.13. The molecule has 0 aromatic heterocycles. The first-order chi connectivity index (χ1) is 25.0. The van der Waals surface area contributed by atoms with Gasteiger partial charge in [0.2, 0.25) is 0 Å². The van der Waals surface area contributed by atoms with Gasteiger partial charge in [0.25, 0.3) is 0 Å². The zero-order valence-electron chi connectivity index (χ0n) is 28.7. The molecule has 3 heteroatoms. The first-order valence-electron chi connectivity index (χ1n) is 17.6. The number of hydrogen-bond donors (Lipinski definition) is 0. The minimum atomic E-state index is -0.157. The van der Waals surface area contributed by atoms with Crippen molar-refractivity contribution in [3.05, 3.63) is 193 Å². The van der Waals surface area contributed by atoms with Crippen molar-refractivity contribution in [1.82, 2.24) is 0 Å². The number of nitrogens with zero attached hydrogens (tertiary/aromatic N) is 2. The first-order valence-corrected chi connectivity index (χ1v) is 19.1. The van der Waals surface area contributed by atoms with Crippen molar-refractivity contribution >= 4 is 78.3 Å². The van der Waals surface area contributed by atoms with Crippen molar-refractivity contribution in [2.45, 2.75) is 23.7 Å². The summed E-state index contributed by atoms with van der Waals surface area (Å²) in [6.07, 6.45) is 0. The van der Waals surface area contributed by atoms with Gasteiger partial charge in [-0.15, -0.1) is 0 Å². The predicted octanol–water partition coefficient (Wildman–Crippen LogP) is 14.2. The predicted molar refractivity (Wildman–Crippen MR) is 226 cm³/mol. The van der Waals surface area contributed by atoms with Crippen molar-refractivity contribution < 1.29 is 0 Å². The molecule has 2 nitrogen and oxygen atoms in total. The number of para-hydroxylation sites is 3. The molecule has 0 bridgehead atoms. The minimum Gasteiger partial charge on any atom is -0.310 e. The second-order valence-electron chi connectivity index (χ2n) is 13.9. The van der Waals surface area contributed by atoms with Crippen LogP contribution in [0.2, 0.25) is 0 Å². The largest absolute Gasteiger partial charge is 0.310 e. The standard InChI is InChI=1S/C48H37IN2/c1-48(2)44-19-11-12-20-46(44)51(38-15-7-4-8-16-38)47-28-23-34(31-45(47)48)33-21-24-39(25-22-33)50(37-13-5-3-6-14-37)40-26-27-42-35(30-40)29-36(32-49)41-17-9-10-18-43(41)42/h3-31H,32H2,1-2H3. The number of hydrogen-bond acceptors (Lipinski definition) is 2. The molecular formula is C48H37IN2. The zero-order chi connectivity index (χ0) is 34.5. The summed E-state index contributed by atoms with van der Waals surface area (Å²) < 4.78 is 0.971. The van der Waals surface area contributed by atoms with Crippen LogP contribution in [0.4, 0.5) is 34.1 Å². The van der Waals surface area contributed by atoms with Crippen LogP contribution in [0, 0.1) is 0 Å². The topological polar surface area (TPSA) is 6.48 Å². The van der Waals surface area contributed by atoms with E-state index in [1.54, 1.807) is 0 Å². The van der Waals surface area contributed by atoms with E-state index in [-0.39, 0.29) is 5.41 Å². The van der Waals surface area contributed by atoms with Gasteiger partial charge in [0.05, 0.1) is 11.4 Å². The lowest BCUT2D eigenvalue weighted by Gasteiger charge is -2.42. The monoisotopic (exact) mass is 768 g/mol. The smallest absolute Gasteiger partial charge is 0.0503 e. The van der Waals surface area contributed by atoms with Crippen LogP contribution in [-0.4, -0.2) is 0 Å². The van der Waals surface area contributed by atoms with Gasteiger partial charge in [0.15, 0.2) is 0 Å². The Hall–Kier alpha value is -5.39. The molecule has 0 saturated carbocycles. The Bertz CT molecular complexity index is 2540. The summed E-state index contributed by atoms with van der Waals surface area (Å²) in [5.74, 6) is 0. The summed E-state index contributed by atoms with van der Waals surface area (Å²) in [6, 6.07) is 64.4. The lowest BCUT2D eigenvalue weighted by molar-refractivity contribution is 0.632. The normalized spacial score (nSPS) is 13.2. The second-order valence-corrected chi connectivity index (χ2v) is 14.6. The summed E-state index contributed by atoms with van der Waals surface area (Å²) in [5, 5.41) is 5.20. The molecule has 8 aromatic rings. The Morgan fingerprint density at radius 2 is 1.10 bits per heavy atom. The van der Waals surface area contributed by atoms with Gasteiger partial charge >= 0.3 is 0 Å². The number of fused-ring (bicyclic) bond motifs is 5. The molecule has 0 radical (unpaired) electrons. The van der Waals surface area contributed by atoms with Crippen molar-refractivity contribution in [2.75, 3.05) is 9.80 Å². The second kappa shape index (κ2) is 12.7. The van der Waals surface area contributed by atoms with Crippen molar-refractivity contribution in [2.24, 2.45) is 0 Å². The fraction of sp³-hybridized carbons (Fsp3) is 0.0833. The quantitative estimate of drug-likeness (QED) is 0.0944. The maximum absolute atomic E-state index is 2.49. The van der Waals surface area contributed by atoms with E-state index in [1.807, 2.05) is 0 Å². The fourth-order valence-electron chi connectivity index (χ4n) is 7.99. The van der Waals surface area contributed by atoms with Crippen LogP contribution in [0.5, 0.6) is 0 Å². The Labute approximate surface area is 313 Å². The summed E-state index contributed by atoms with van der Waals surface area (Å²) in [6.45, 7) is 4.71. The van der Waals surface area contributed by atoms with E-state index in [4.69, 9.17) is 0 Å². The Morgan fingerprint density at radius 3 is 1.86 bits per heavy atom. The van der Waals surface area contributed by atoms with E-state index in [0.29, 0.717) is 0 Å². The number of alkyl halides is 1. The first kappa shape index (κ1) is 31.6. The highest BCUT2D eigenvalue weighted by molar-refractivity contribution is 14.1. The molecule has 8 aromatic carbocycles. The molecule has 0 fully saturated rings. The van der Waals surface area contributed by atoms with E-state index < -0.39 is 0 Å². The molecule has 51 heavy (non-hydrogen) atoms. The van der Waals surface area contributed by atoms with Gasteiger partial charge in [0, 0.05) is 32.6 Å². The van der Waals surface area contributed by atoms with Gasteiger partial charge in [-0.05, 0) is 122 Å². The van der Waals surface area contributed by atoms with E-state index in [2.05, 4.69) is 222 Å². The Kier molecular flexibility index (Phi) is 7.89. The third kappa shape index (κ3) is 5.39. The molecule has 1 aliphatic heterocycles. The third-order valence-corrected chi connectivity index (χ3v) is 11.4. The van der Waals surface area contributed by atoms with Gasteiger partial charge in [-0.2, -0.15) is 0 Å². The lowest BCUT2D eigenvalue weighted by Crippen LogP contribution is -2.30. The van der Waals surface area contributed by atoms with Crippen LogP contribution in [-0.2, 0) is 9.84 Å².